The fourth-order valence-corrected chi connectivity index (χ4v) is 11.6. The first-order valence-corrected chi connectivity index (χ1v) is 39.4. The average molecular weight is 1650 g/mol. The number of ether oxygens (including phenoxy) is 20. The Kier molecular flexibility index (Phi) is 54.3. The van der Waals surface area contributed by atoms with Gasteiger partial charge in [0.25, 0.3) is 0 Å². The summed E-state index contributed by atoms with van der Waals surface area (Å²) in [5.41, 5.74) is 9.72. The highest BCUT2D eigenvalue weighted by atomic mass is 16.6. The number of esters is 4. The lowest BCUT2D eigenvalue weighted by atomic mass is 9.80. The van der Waals surface area contributed by atoms with Crippen molar-refractivity contribution in [1.82, 2.24) is 0 Å². The average Bonchev–Trinajstić information content (AvgIpc) is 1.58. The molecular formula is C89H122N4O25. The van der Waals surface area contributed by atoms with Crippen LogP contribution in [0.3, 0.4) is 0 Å². The molecule has 10 rings (SSSR count). The smallest absolute Gasteiger partial charge is 0.338 e. The molecule has 29 heteroatoms. The Morgan fingerprint density at radius 1 is 0.390 bits per heavy atom. The SMILES string of the molecule is C#N.C#N.C#N.C#N.CC(=O)C(C)(C)C(=O)OCC1COCCOCCOCCO1.CC(C)(CCCC(=O)OCC1COCCOCCOCCO1)c1ccccc1.CC1(C)c2ccccc2-c2ccc(-c3ccc(C(=O)OCC4COCCOCCOCCO4)cc3)cc21.Cc1ccc(C(=O)OCC2COCCOCCOCCO2)cc1. The molecule has 5 aliphatic rings. The minimum absolute atomic E-state index is 0.0358. The number of carbonyl (C=O) groups excluding carboxylic acids is 5. The topological polar surface area (TPSA) is 365 Å². The molecule has 0 saturated carbocycles. The Hall–Kier alpha value is -9.03. The van der Waals surface area contributed by atoms with Crippen molar-refractivity contribution in [2.24, 2.45) is 5.41 Å². The van der Waals surface area contributed by atoms with Crippen LogP contribution in [0, 0.1) is 59.7 Å². The summed E-state index contributed by atoms with van der Waals surface area (Å²) < 4.78 is 109. The van der Waals surface area contributed by atoms with Crippen LogP contribution in [0.15, 0.2) is 121 Å². The molecule has 118 heavy (non-hydrogen) atoms. The van der Waals surface area contributed by atoms with Crippen molar-refractivity contribution < 1.29 is 119 Å². The van der Waals surface area contributed by atoms with Gasteiger partial charge in [-0.1, -0.05) is 124 Å². The summed E-state index contributed by atoms with van der Waals surface area (Å²) in [6.07, 6.45) is 0.765. The van der Waals surface area contributed by atoms with Gasteiger partial charge in [-0.05, 0) is 115 Å². The second-order valence-electron chi connectivity index (χ2n) is 28.3. The predicted molar refractivity (Wildman–Crippen MR) is 436 cm³/mol. The summed E-state index contributed by atoms with van der Waals surface area (Å²) in [4.78, 5) is 60.2. The molecule has 4 fully saturated rings. The highest BCUT2D eigenvalue weighted by Crippen LogP contribution is 2.49. The van der Waals surface area contributed by atoms with Crippen molar-refractivity contribution >= 4 is 29.7 Å². The molecule has 0 N–H and O–H groups in total. The third-order valence-corrected chi connectivity index (χ3v) is 18.6. The zero-order chi connectivity index (χ0) is 86.5. The standard InChI is InChI=1S/C31H34O6.C22H34O6.C17H24O6.C15H26O7.4CHN/c1-31(2)28-6-4-3-5-26(28)27-12-11-24(19-29(27)31)22-7-9-23(10-8-22)30(32)37-21-25-20-35-16-15-33-13-14-34-17-18-36-25;1-22(2,19-7-4-3-5-8-19)10-6-9-21(23)28-18-20-17-26-14-13-24-11-12-25-15-16-27-20;1-14-2-4-15(5-3-14)17(18)23-13-16-12-21-9-8-19-6-7-20-10-11-22-16;1-12(16)15(2,3)14(17)22-11-13-10-20-7-6-18-4-5-19-8-9-21-13;4*1-2/h3-12,19,25H,13-18,20-21H2,1-2H3;3-5,7-8,20H,6,9-18H2,1-2H3;2-5,16H,6-13H2,1H3;13H,4-11H2,1-3H3;4*1H. The molecule has 0 radical (unpaired) electrons. The quantitative estimate of drug-likeness (QED) is 0.0447. The van der Waals surface area contributed by atoms with Crippen molar-refractivity contribution in [2.45, 2.75) is 110 Å². The third-order valence-electron chi connectivity index (χ3n) is 18.6. The Morgan fingerprint density at radius 2 is 0.720 bits per heavy atom. The van der Waals surface area contributed by atoms with Crippen LogP contribution in [-0.4, -0.2) is 265 Å². The largest absolute Gasteiger partial charge is 0.463 e. The second kappa shape index (κ2) is 62.2. The molecule has 4 saturated heterocycles. The fourth-order valence-electron chi connectivity index (χ4n) is 11.6. The van der Waals surface area contributed by atoms with Crippen molar-refractivity contribution in [3.8, 4) is 48.5 Å². The number of hydrogen-bond donors (Lipinski definition) is 0. The Morgan fingerprint density at radius 3 is 1.12 bits per heavy atom. The van der Waals surface area contributed by atoms with Gasteiger partial charge in [0, 0.05) is 38.1 Å². The lowest BCUT2D eigenvalue weighted by Crippen LogP contribution is -2.37. The van der Waals surface area contributed by atoms with E-state index in [1.165, 1.54) is 34.7 Å². The number of nitriles is 4. The molecule has 0 spiro atoms. The van der Waals surface area contributed by atoms with E-state index in [4.69, 9.17) is 116 Å². The molecule has 5 aromatic carbocycles. The first-order valence-electron chi connectivity index (χ1n) is 39.4. The molecule has 4 unspecified atom stereocenters. The van der Waals surface area contributed by atoms with Crippen LogP contribution >= 0.6 is 0 Å². The lowest BCUT2D eigenvalue weighted by Gasteiger charge is -2.25. The number of fused-ring (bicyclic) bond motifs is 3. The number of hydrogen-bond acceptors (Lipinski definition) is 29. The Balaban J connectivity index is 0.000000403. The predicted octanol–water partition coefficient (Wildman–Crippen LogP) is 11.1. The fraction of sp³-hybridized carbons (Fsp3) is 0.562. The maximum atomic E-state index is 12.7. The van der Waals surface area contributed by atoms with Gasteiger partial charge in [-0.25, -0.2) is 30.6 Å². The van der Waals surface area contributed by atoms with E-state index in [-0.39, 0.29) is 85.9 Å². The van der Waals surface area contributed by atoms with Crippen molar-refractivity contribution in [2.75, 3.05) is 211 Å². The number of Topliss-reactive ketones (excluding diaryl/α,β-unsaturated/α-hetero) is 1. The van der Waals surface area contributed by atoms with Crippen LogP contribution in [0.2, 0.25) is 0 Å². The van der Waals surface area contributed by atoms with Crippen LogP contribution < -0.4 is 0 Å². The van der Waals surface area contributed by atoms with Crippen LogP contribution in [0.4, 0.5) is 0 Å². The molecule has 4 heterocycles. The van der Waals surface area contributed by atoms with Gasteiger partial charge in [0.1, 0.15) is 62.0 Å². The van der Waals surface area contributed by atoms with E-state index in [1.54, 1.807) is 26.0 Å². The maximum Gasteiger partial charge on any atom is 0.338 e. The van der Waals surface area contributed by atoms with Gasteiger partial charge < -0.3 is 94.7 Å². The summed E-state index contributed by atoms with van der Waals surface area (Å²) in [5, 5.41) is 26.0. The van der Waals surface area contributed by atoms with E-state index >= 15 is 0 Å². The lowest BCUT2D eigenvalue weighted by molar-refractivity contribution is -0.163. The van der Waals surface area contributed by atoms with Gasteiger partial charge >= 0.3 is 23.9 Å². The van der Waals surface area contributed by atoms with Crippen molar-refractivity contribution in [1.29, 1.82) is 21.0 Å². The van der Waals surface area contributed by atoms with E-state index in [0.29, 0.717) is 196 Å². The summed E-state index contributed by atoms with van der Waals surface area (Å²) in [6, 6.07) is 40.5. The van der Waals surface area contributed by atoms with Crippen LogP contribution in [0.5, 0.6) is 0 Å². The van der Waals surface area contributed by atoms with Gasteiger partial charge in [-0.3, -0.25) is 14.4 Å². The zero-order valence-corrected chi connectivity index (χ0v) is 69.9. The van der Waals surface area contributed by atoms with Gasteiger partial charge in [-0.15, -0.1) is 0 Å². The molecule has 29 nitrogen and oxygen atoms in total. The van der Waals surface area contributed by atoms with Gasteiger partial charge in [0.2, 0.25) is 0 Å². The number of carbonyl (C=O) groups is 5. The van der Waals surface area contributed by atoms with Crippen LogP contribution in [0.25, 0.3) is 22.3 Å². The van der Waals surface area contributed by atoms with Gasteiger partial charge in [0.05, 0.1) is 196 Å². The normalized spacial score (nSPS) is 19.2. The van der Waals surface area contributed by atoms with Crippen molar-refractivity contribution in [3.05, 3.63) is 155 Å². The molecule has 4 aliphatic heterocycles. The molecule has 4 atom stereocenters. The number of aryl methyl sites for hydroxylation is 1. The minimum Gasteiger partial charge on any atom is -0.463 e. The number of ketones is 1. The van der Waals surface area contributed by atoms with Crippen LogP contribution in [-0.2, 0) is 120 Å². The third kappa shape index (κ3) is 40.6. The number of nitrogens with zero attached hydrogens (tertiary/aromatic N) is 4. The molecule has 648 valence electrons. The summed E-state index contributed by atoms with van der Waals surface area (Å²) in [7, 11) is 0. The molecule has 5 aromatic rings. The van der Waals surface area contributed by atoms with E-state index in [1.807, 2.05) is 61.5 Å². The summed E-state index contributed by atoms with van der Waals surface area (Å²) in [6.45, 7) is 42.9. The number of rotatable bonds is 18. The molecule has 0 bridgehead atoms. The molecule has 1 aliphatic carbocycles. The van der Waals surface area contributed by atoms with E-state index in [9.17, 15) is 24.0 Å². The molecular weight excluding hydrogens is 1520 g/mol. The highest BCUT2D eigenvalue weighted by Gasteiger charge is 2.37. The van der Waals surface area contributed by atoms with Gasteiger partial charge in [-0.2, -0.15) is 0 Å². The zero-order valence-electron chi connectivity index (χ0n) is 69.9. The first-order chi connectivity index (χ1) is 57.3. The van der Waals surface area contributed by atoms with E-state index in [2.05, 4.69) is 109 Å². The monoisotopic (exact) mass is 1650 g/mol. The van der Waals surface area contributed by atoms with E-state index < -0.39 is 17.5 Å². The first kappa shape index (κ1) is 103. The molecule has 0 amide bonds. The highest BCUT2D eigenvalue weighted by molar-refractivity contribution is 6.01. The second-order valence-corrected chi connectivity index (χ2v) is 28.3. The Bertz CT molecular complexity index is 3580. The summed E-state index contributed by atoms with van der Waals surface area (Å²) in [5.74, 6) is -1.74. The Labute approximate surface area is 696 Å². The van der Waals surface area contributed by atoms with E-state index in [0.717, 1.165) is 29.5 Å². The van der Waals surface area contributed by atoms with Crippen LogP contribution in [0.1, 0.15) is 111 Å². The molecule has 0 aromatic heterocycles. The summed E-state index contributed by atoms with van der Waals surface area (Å²) >= 11 is 0. The van der Waals surface area contributed by atoms with Crippen molar-refractivity contribution in [3.63, 3.8) is 0 Å². The maximum absolute atomic E-state index is 12.7. The number of benzene rings is 5. The van der Waals surface area contributed by atoms with Gasteiger partial charge in [0.15, 0.2) is 0 Å². The minimum atomic E-state index is -1.15.